The zero-order valence-electron chi connectivity index (χ0n) is 19.4. The number of nitrogens with zero attached hydrogens (tertiary/aromatic N) is 2. The van der Waals surface area contributed by atoms with Crippen molar-refractivity contribution in [3.63, 3.8) is 0 Å². The van der Waals surface area contributed by atoms with E-state index in [0.717, 1.165) is 37.4 Å². The molecule has 4 fully saturated rings. The van der Waals surface area contributed by atoms with Gasteiger partial charge in [-0.3, -0.25) is 9.59 Å². The summed E-state index contributed by atoms with van der Waals surface area (Å²) in [4.78, 5) is 29.7. The average molecular weight is 491 g/mol. The third kappa shape index (κ3) is 4.70. The van der Waals surface area contributed by atoms with Gasteiger partial charge < -0.3 is 19.3 Å². The van der Waals surface area contributed by atoms with Gasteiger partial charge in [-0.25, -0.2) is 0 Å². The number of carbonyl (C=O) groups excluding carboxylic acids is 2. The van der Waals surface area contributed by atoms with Gasteiger partial charge in [-0.1, -0.05) is 6.42 Å². The van der Waals surface area contributed by atoms with Crippen LogP contribution in [0, 0.1) is 17.8 Å². The Labute approximate surface area is 205 Å². The number of methoxy groups -OCH3 is 1. The monoisotopic (exact) mass is 490 g/mol. The van der Waals surface area contributed by atoms with Crippen molar-refractivity contribution < 1.29 is 19.1 Å². The Hall–Kier alpha value is -1.54. The molecule has 1 spiro atoms. The Bertz CT molecular complexity index is 834. The predicted octanol–water partition coefficient (Wildman–Crippen LogP) is 3.89. The fraction of sp³-hybridized carbons (Fsp3) is 0.680. The van der Waals surface area contributed by atoms with E-state index in [9.17, 15) is 9.59 Å². The van der Waals surface area contributed by atoms with Crippen LogP contribution >= 0.6 is 23.5 Å². The van der Waals surface area contributed by atoms with E-state index >= 15 is 0 Å². The highest BCUT2D eigenvalue weighted by atomic mass is 32.2. The molecule has 33 heavy (non-hydrogen) atoms. The van der Waals surface area contributed by atoms with Crippen LogP contribution in [-0.2, 0) is 14.3 Å². The normalized spacial score (nSPS) is 28.6. The number of ether oxygens (including phenoxy) is 2. The molecule has 2 atom stereocenters. The first-order valence-electron chi connectivity index (χ1n) is 12.2. The molecule has 0 N–H and O–H groups in total. The summed E-state index contributed by atoms with van der Waals surface area (Å²) in [5.41, 5.74) is 1.13. The number of piperazine rings is 1. The van der Waals surface area contributed by atoms with Gasteiger partial charge in [0.2, 0.25) is 0 Å². The molecule has 0 radical (unpaired) electrons. The molecule has 2 heterocycles. The number of thioether (sulfide) groups is 2. The average Bonchev–Trinajstić information content (AvgIpc) is 3.32. The van der Waals surface area contributed by atoms with E-state index in [-0.39, 0.29) is 24.4 Å². The molecule has 0 aromatic heterocycles. The molecule has 2 unspecified atom stereocenters. The highest BCUT2D eigenvalue weighted by molar-refractivity contribution is 8.21. The second-order valence-corrected chi connectivity index (χ2v) is 12.6. The van der Waals surface area contributed by atoms with Gasteiger partial charge in [0, 0.05) is 43.4 Å². The number of esters is 1. The van der Waals surface area contributed by atoms with Crippen LogP contribution in [0.3, 0.4) is 0 Å². The predicted molar refractivity (Wildman–Crippen MR) is 134 cm³/mol. The number of amides is 1. The lowest BCUT2D eigenvalue weighted by atomic mass is 9.67. The Morgan fingerprint density at radius 2 is 1.64 bits per heavy atom. The second kappa shape index (κ2) is 9.98. The van der Waals surface area contributed by atoms with E-state index in [1.54, 1.807) is 7.11 Å². The minimum absolute atomic E-state index is 0.0348. The van der Waals surface area contributed by atoms with E-state index in [1.165, 1.54) is 30.8 Å². The maximum atomic E-state index is 12.9. The van der Waals surface area contributed by atoms with E-state index < -0.39 is 0 Å². The van der Waals surface area contributed by atoms with Gasteiger partial charge in [0.05, 0.1) is 17.1 Å². The van der Waals surface area contributed by atoms with Crippen molar-refractivity contribution in [2.45, 2.75) is 36.2 Å². The van der Waals surface area contributed by atoms with Gasteiger partial charge in [-0.2, -0.15) is 0 Å². The largest absolute Gasteiger partial charge is 0.497 e. The third-order valence-corrected chi connectivity index (χ3v) is 11.9. The summed E-state index contributed by atoms with van der Waals surface area (Å²) in [5, 5.41) is 0. The quantitative estimate of drug-likeness (QED) is 0.581. The van der Waals surface area contributed by atoms with E-state index in [4.69, 9.17) is 9.47 Å². The van der Waals surface area contributed by atoms with Crippen LogP contribution in [0.5, 0.6) is 5.75 Å². The number of benzene rings is 1. The summed E-state index contributed by atoms with van der Waals surface area (Å²) in [7, 11) is 1.66. The van der Waals surface area contributed by atoms with Crippen LogP contribution in [0.4, 0.5) is 5.69 Å². The Kier molecular flexibility index (Phi) is 7.02. The van der Waals surface area contributed by atoms with Gasteiger partial charge in [0.15, 0.2) is 6.61 Å². The van der Waals surface area contributed by atoms with Crippen LogP contribution in [0.1, 0.15) is 32.1 Å². The maximum absolute atomic E-state index is 12.9. The first-order chi connectivity index (χ1) is 16.1. The van der Waals surface area contributed by atoms with E-state index in [1.807, 2.05) is 29.2 Å². The van der Waals surface area contributed by atoms with Crippen molar-refractivity contribution >= 4 is 41.1 Å². The number of hydrogen-bond donors (Lipinski definition) is 0. The summed E-state index contributed by atoms with van der Waals surface area (Å²) in [6, 6.07) is 8.00. The van der Waals surface area contributed by atoms with Crippen molar-refractivity contribution in [1.82, 2.24) is 4.90 Å². The standard InChI is InChI=1S/C25H34N2O4S2/c1-30-22-7-5-21(6-8-22)26-9-11-27(12-10-26)23(28)17-31-24(29)18-15-19-3-2-4-20(16-18)25(19)32-13-14-33-25/h5-8,18-20H,2-4,9-17H2,1H3. The smallest absolute Gasteiger partial charge is 0.309 e. The number of carbonyl (C=O) groups is 2. The van der Waals surface area contributed by atoms with Gasteiger partial charge in [0.1, 0.15) is 5.75 Å². The topological polar surface area (TPSA) is 59.1 Å². The molecule has 2 saturated carbocycles. The molecule has 2 aliphatic heterocycles. The van der Waals surface area contributed by atoms with Crippen LogP contribution in [0.2, 0.25) is 0 Å². The van der Waals surface area contributed by atoms with Crippen molar-refractivity contribution in [2.24, 2.45) is 17.8 Å². The molecule has 180 valence electrons. The molecule has 1 aromatic rings. The van der Waals surface area contributed by atoms with Crippen LogP contribution in [0.15, 0.2) is 24.3 Å². The van der Waals surface area contributed by atoms with E-state index in [2.05, 4.69) is 28.4 Å². The lowest BCUT2D eigenvalue weighted by Gasteiger charge is -2.51. The molecule has 2 bridgehead atoms. The molecule has 4 aliphatic rings. The zero-order chi connectivity index (χ0) is 22.8. The molecule has 2 aliphatic carbocycles. The van der Waals surface area contributed by atoms with Gasteiger partial charge in [-0.05, 0) is 61.8 Å². The van der Waals surface area contributed by atoms with Crippen molar-refractivity contribution in [3.05, 3.63) is 24.3 Å². The molecule has 1 amide bonds. The maximum Gasteiger partial charge on any atom is 0.309 e. The lowest BCUT2D eigenvalue weighted by Crippen LogP contribution is -2.50. The summed E-state index contributed by atoms with van der Waals surface area (Å²) in [6.07, 6.45) is 5.63. The minimum atomic E-state index is -0.153. The molecule has 8 heteroatoms. The Morgan fingerprint density at radius 3 is 2.24 bits per heavy atom. The fourth-order valence-electron chi connectivity index (χ4n) is 6.15. The van der Waals surface area contributed by atoms with Crippen LogP contribution in [0.25, 0.3) is 0 Å². The molecular formula is C25H34N2O4S2. The lowest BCUT2D eigenvalue weighted by molar-refractivity contribution is -0.157. The molecule has 5 rings (SSSR count). The van der Waals surface area contributed by atoms with Crippen LogP contribution in [-0.4, -0.2) is 72.3 Å². The van der Waals surface area contributed by atoms with Crippen molar-refractivity contribution in [3.8, 4) is 5.75 Å². The van der Waals surface area contributed by atoms with Crippen molar-refractivity contribution in [2.75, 3.05) is 56.3 Å². The van der Waals surface area contributed by atoms with Crippen molar-refractivity contribution in [1.29, 1.82) is 0 Å². The van der Waals surface area contributed by atoms with E-state index in [0.29, 0.717) is 29.0 Å². The molecular weight excluding hydrogens is 456 g/mol. The minimum Gasteiger partial charge on any atom is -0.497 e. The Morgan fingerprint density at radius 1 is 1.00 bits per heavy atom. The van der Waals surface area contributed by atoms with Gasteiger partial charge in [-0.15, -0.1) is 23.5 Å². The zero-order valence-corrected chi connectivity index (χ0v) is 21.0. The molecule has 2 saturated heterocycles. The third-order valence-electron chi connectivity index (χ3n) is 7.86. The first kappa shape index (κ1) is 23.2. The van der Waals surface area contributed by atoms with Gasteiger partial charge in [0.25, 0.3) is 5.91 Å². The number of hydrogen-bond acceptors (Lipinski definition) is 7. The summed E-state index contributed by atoms with van der Waals surface area (Å²) < 4.78 is 11.2. The summed E-state index contributed by atoms with van der Waals surface area (Å²) in [6.45, 7) is 2.71. The second-order valence-electron chi connectivity index (χ2n) is 9.58. The first-order valence-corrected chi connectivity index (χ1v) is 14.2. The summed E-state index contributed by atoms with van der Waals surface area (Å²) in [5.74, 6) is 4.29. The SMILES string of the molecule is COc1ccc(N2CCN(C(=O)COC(=O)C3CC4CCCC(C3)C43SCCS3)CC2)cc1. The summed E-state index contributed by atoms with van der Waals surface area (Å²) >= 11 is 4.30. The molecule has 6 nitrogen and oxygen atoms in total. The highest BCUT2D eigenvalue weighted by Crippen LogP contribution is 2.64. The number of rotatable bonds is 5. The van der Waals surface area contributed by atoms with Gasteiger partial charge >= 0.3 is 5.97 Å². The van der Waals surface area contributed by atoms with Crippen LogP contribution < -0.4 is 9.64 Å². The fourth-order valence-corrected chi connectivity index (χ4v) is 10.1. The Balaban J connectivity index is 1.09. The molecule has 1 aromatic carbocycles. The number of anilines is 1. The highest BCUT2D eigenvalue weighted by Gasteiger charge is 2.55.